The predicted octanol–water partition coefficient (Wildman–Crippen LogP) is 3.23. The smallest absolute Gasteiger partial charge is 0.314 e. The molecule has 0 aromatic carbocycles. The van der Waals surface area contributed by atoms with Crippen LogP contribution in [0.2, 0.25) is 0 Å². The number of likely N-dealkylation sites (tertiary alicyclic amines) is 1. The number of nitrogens with one attached hydrogen (secondary N) is 2. The first-order valence-electron chi connectivity index (χ1n) is 9.37. The minimum Gasteiger partial charge on any atom is -0.338 e. The minimum atomic E-state index is 0.0124. The van der Waals surface area contributed by atoms with E-state index in [1.165, 1.54) is 45.2 Å². The van der Waals surface area contributed by atoms with Crippen molar-refractivity contribution >= 4 is 6.03 Å². The largest absolute Gasteiger partial charge is 0.338 e. The highest BCUT2D eigenvalue weighted by atomic mass is 16.2. The third-order valence-electron chi connectivity index (χ3n) is 5.19. The fourth-order valence-corrected chi connectivity index (χ4v) is 4.23. The average molecular weight is 309 g/mol. The van der Waals surface area contributed by atoms with Gasteiger partial charge in [0.05, 0.1) is 0 Å². The lowest BCUT2D eigenvalue weighted by Crippen LogP contribution is -2.41. The Morgan fingerprint density at radius 2 is 1.68 bits per heavy atom. The Hall–Kier alpha value is -0.770. The molecule has 0 aromatic heterocycles. The van der Waals surface area contributed by atoms with Crippen LogP contribution < -0.4 is 10.6 Å². The number of carbonyl (C=O) groups is 1. The molecule has 2 rings (SSSR count). The molecule has 1 aliphatic heterocycles. The number of rotatable bonds is 7. The van der Waals surface area contributed by atoms with Gasteiger partial charge in [-0.05, 0) is 43.6 Å². The van der Waals surface area contributed by atoms with Crippen molar-refractivity contribution in [3.8, 4) is 0 Å². The average Bonchev–Trinajstić information content (AvgIpc) is 2.96. The Bertz CT molecular complexity index is 318. The first kappa shape index (κ1) is 17.6. The Labute approximate surface area is 136 Å². The zero-order valence-electron chi connectivity index (χ0n) is 14.6. The van der Waals surface area contributed by atoms with Crippen LogP contribution in [-0.4, -0.2) is 43.7 Å². The normalized spacial score (nSPS) is 27.0. The number of carbonyl (C=O) groups excluding carboxylic acids is 1. The summed E-state index contributed by atoms with van der Waals surface area (Å²) in [7, 11) is 0. The van der Waals surface area contributed by atoms with E-state index < -0.39 is 0 Å². The molecule has 0 radical (unpaired) electrons. The summed E-state index contributed by atoms with van der Waals surface area (Å²) in [5, 5.41) is 5.99. The molecular weight excluding hydrogens is 274 g/mol. The number of amides is 2. The first-order chi connectivity index (χ1) is 10.6. The maximum atomic E-state index is 11.7. The summed E-state index contributed by atoms with van der Waals surface area (Å²) in [6, 6.07) is 0.0124. The number of urea groups is 1. The van der Waals surface area contributed by atoms with Crippen molar-refractivity contribution in [3.63, 3.8) is 0 Å². The van der Waals surface area contributed by atoms with Crippen LogP contribution in [0.1, 0.15) is 58.8 Å². The van der Waals surface area contributed by atoms with Gasteiger partial charge in [0.1, 0.15) is 0 Å². The molecule has 1 aliphatic carbocycles. The van der Waals surface area contributed by atoms with E-state index in [0.29, 0.717) is 0 Å². The van der Waals surface area contributed by atoms with Crippen LogP contribution in [-0.2, 0) is 0 Å². The molecule has 2 unspecified atom stereocenters. The Balaban J connectivity index is 1.46. The molecule has 2 amide bonds. The Morgan fingerprint density at radius 1 is 1.05 bits per heavy atom. The van der Waals surface area contributed by atoms with E-state index in [0.717, 1.165) is 50.2 Å². The molecule has 2 aliphatic rings. The number of hydrogen-bond acceptors (Lipinski definition) is 2. The zero-order valence-corrected chi connectivity index (χ0v) is 14.6. The van der Waals surface area contributed by atoms with E-state index in [1.54, 1.807) is 0 Å². The van der Waals surface area contributed by atoms with Crippen molar-refractivity contribution < 1.29 is 4.79 Å². The fraction of sp³-hybridized carbons (Fsp3) is 0.944. The summed E-state index contributed by atoms with van der Waals surface area (Å²) in [6.45, 7) is 9.86. The maximum absolute atomic E-state index is 11.7. The van der Waals surface area contributed by atoms with E-state index in [9.17, 15) is 4.79 Å². The third-order valence-corrected chi connectivity index (χ3v) is 5.19. The van der Waals surface area contributed by atoms with Crippen molar-refractivity contribution in [2.45, 2.75) is 58.8 Å². The lowest BCUT2D eigenvalue weighted by Gasteiger charge is -2.34. The van der Waals surface area contributed by atoms with E-state index in [-0.39, 0.29) is 6.03 Å². The molecule has 2 fully saturated rings. The molecule has 0 spiro atoms. The number of piperidine rings is 1. The lowest BCUT2D eigenvalue weighted by molar-refractivity contribution is 0.139. The topological polar surface area (TPSA) is 44.4 Å². The van der Waals surface area contributed by atoms with Gasteiger partial charge in [0, 0.05) is 26.2 Å². The van der Waals surface area contributed by atoms with Crippen LogP contribution in [0.3, 0.4) is 0 Å². The van der Waals surface area contributed by atoms with Gasteiger partial charge in [-0.2, -0.15) is 0 Å². The lowest BCUT2D eigenvalue weighted by atomic mass is 9.92. The van der Waals surface area contributed by atoms with Gasteiger partial charge in [-0.1, -0.05) is 39.5 Å². The van der Waals surface area contributed by atoms with Gasteiger partial charge in [-0.15, -0.1) is 0 Å². The van der Waals surface area contributed by atoms with Crippen molar-refractivity contribution in [1.82, 2.24) is 15.5 Å². The summed E-state index contributed by atoms with van der Waals surface area (Å²) in [6.07, 6.45) is 9.03. The second-order valence-electron chi connectivity index (χ2n) is 7.68. The number of hydrogen-bond donors (Lipinski definition) is 2. The summed E-state index contributed by atoms with van der Waals surface area (Å²) < 4.78 is 0. The van der Waals surface area contributed by atoms with Gasteiger partial charge in [-0.3, -0.25) is 0 Å². The summed E-state index contributed by atoms with van der Waals surface area (Å²) >= 11 is 0. The second kappa shape index (κ2) is 9.39. The number of nitrogens with zero attached hydrogens (tertiary/aromatic N) is 1. The Kier molecular flexibility index (Phi) is 7.50. The van der Waals surface area contributed by atoms with Crippen LogP contribution in [0.5, 0.6) is 0 Å². The van der Waals surface area contributed by atoms with E-state index >= 15 is 0 Å². The molecule has 1 saturated carbocycles. The maximum Gasteiger partial charge on any atom is 0.314 e. The monoisotopic (exact) mass is 309 g/mol. The second-order valence-corrected chi connectivity index (χ2v) is 7.68. The zero-order chi connectivity index (χ0) is 15.8. The van der Waals surface area contributed by atoms with Crippen LogP contribution in [0.15, 0.2) is 0 Å². The molecule has 2 N–H and O–H groups in total. The SMILES string of the molecule is CC1CC(C)CN(CCCNC(=O)NCCC2CCCC2)C1. The van der Waals surface area contributed by atoms with E-state index in [1.807, 2.05) is 0 Å². The van der Waals surface area contributed by atoms with Crippen molar-refractivity contribution in [1.29, 1.82) is 0 Å². The van der Waals surface area contributed by atoms with Crippen LogP contribution in [0, 0.1) is 17.8 Å². The highest BCUT2D eigenvalue weighted by Crippen LogP contribution is 2.26. The van der Waals surface area contributed by atoms with E-state index in [2.05, 4.69) is 29.4 Å². The third kappa shape index (κ3) is 6.55. The van der Waals surface area contributed by atoms with Crippen LogP contribution in [0.4, 0.5) is 4.79 Å². The van der Waals surface area contributed by atoms with Gasteiger partial charge in [0.25, 0.3) is 0 Å². The molecule has 4 nitrogen and oxygen atoms in total. The van der Waals surface area contributed by atoms with Crippen molar-refractivity contribution in [3.05, 3.63) is 0 Å². The van der Waals surface area contributed by atoms with E-state index in [4.69, 9.17) is 0 Å². The predicted molar refractivity (Wildman–Crippen MR) is 92.0 cm³/mol. The molecular formula is C18H35N3O. The van der Waals surface area contributed by atoms with Crippen molar-refractivity contribution in [2.24, 2.45) is 17.8 Å². The van der Waals surface area contributed by atoms with Gasteiger partial charge in [0.2, 0.25) is 0 Å². The minimum absolute atomic E-state index is 0.0124. The van der Waals surface area contributed by atoms with Gasteiger partial charge in [0.15, 0.2) is 0 Å². The quantitative estimate of drug-likeness (QED) is 0.709. The molecule has 0 aromatic rings. The van der Waals surface area contributed by atoms with Crippen LogP contribution in [0.25, 0.3) is 0 Å². The molecule has 0 bridgehead atoms. The molecule has 4 heteroatoms. The summed E-state index contributed by atoms with van der Waals surface area (Å²) in [5.41, 5.74) is 0. The molecule has 2 atom stereocenters. The van der Waals surface area contributed by atoms with Gasteiger partial charge >= 0.3 is 6.03 Å². The molecule has 128 valence electrons. The van der Waals surface area contributed by atoms with Gasteiger partial charge < -0.3 is 15.5 Å². The summed E-state index contributed by atoms with van der Waals surface area (Å²) in [4.78, 5) is 14.3. The van der Waals surface area contributed by atoms with Gasteiger partial charge in [-0.25, -0.2) is 4.79 Å². The Morgan fingerprint density at radius 3 is 2.36 bits per heavy atom. The summed E-state index contributed by atoms with van der Waals surface area (Å²) in [5.74, 6) is 2.48. The standard InChI is InChI=1S/C18H35N3O/c1-15-12-16(2)14-21(13-15)11-5-9-19-18(22)20-10-8-17-6-3-4-7-17/h15-17H,3-14H2,1-2H3,(H2,19,20,22). The first-order valence-corrected chi connectivity index (χ1v) is 9.37. The fourth-order valence-electron chi connectivity index (χ4n) is 4.23. The molecule has 22 heavy (non-hydrogen) atoms. The highest BCUT2D eigenvalue weighted by molar-refractivity contribution is 5.73. The highest BCUT2D eigenvalue weighted by Gasteiger charge is 2.21. The molecule has 1 saturated heterocycles. The molecule has 1 heterocycles. The van der Waals surface area contributed by atoms with Crippen molar-refractivity contribution in [2.75, 3.05) is 32.7 Å². The van der Waals surface area contributed by atoms with Crippen LogP contribution >= 0.6 is 0 Å².